The summed E-state index contributed by atoms with van der Waals surface area (Å²) in [5.74, 6) is -1.28. The van der Waals surface area contributed by atoms with Gasteiger partial charge in [0.25, 0.3) is 11.8 Å². The Balaban J connectivity index is 1.62. The first-order valence-corrected chi connectivity index (χ1v) is 10.3. The molecule has 2 aliphatic heterocycles. The van der Waals surface area contributed by atoms with Crippen LogP contribution in [-0.2, 0) is 16.0 Å². The number of urea groups is 1. The molecule has 154 valence electrons. The fourth-order valence-electron chi connectivity index (χ4n) is 3.91. The molecule has 6 heteroatoms. The van der Waals surface area contributed by atoms with E-state index in [1.807, 2.05) is 31.2 Å². The number of hydrogen-bond donors (Lipinski definition) is 1. The molecule has 1 fully saturated rings. The Hall–Kier alpha value is -3.41. The Morgan fingerprint density at radius 1 is 1.07 bits per heavy atom. The highest BCUT2D eigenvalue weighted by atomic mass is 16.2. The van der Waals surface area contributed by atoms with E-state index in [-0.39, 0.29) is 5.57 Å². The van der Waals surface area contributed by atoms with E-state index >= 15 is 0 Å². The molecule has 2 aromatic carbocycles. The third kappa shape index (κ3) is 3.73. The molecule has 0 atom stereocenters. The zero-order chi connectivity index (χ0) is 21.3. The number of amides is 4. The first kappa shape index (κ1) is 19.9. The third-order valence-corrected chi connectivity index (χ3v) is 5.58. The van der Waals surface area contributed by atoms with Crippen LogP contribution >= 0.6 is 0 Å². The van der Waals surface area contributed by atoms with Gasteiger partial charge in [0, 0.05) is 18.8 Å². The average molecular weight is 403 g/mol. The largest absolute Gasteiger partial charge is 0.371 e. The zero-order valence-corrected chi connectivity index (χ0v) is 17.3. The van der Waals surface area contributed by atoms with Gasteiger partial charge in [-0.15, -0.1) is 0 Å². The molecule has 4 rings (SSSR count). The third-order valence-electron chi connectivity index (χ3n) is 5.58. The number of rotatable bonds is 5. The highest BCUT2D eigenvalue weighted by Crippen LogP contribution is 2.30. The van der Waals surface area contributed by atoms with Crippen molar-refractivity contribution in [3.63, 3.8) is 0 Å². The summed E-state index contributed by atoms with van der Waals surface area (Å²) < 4.78 is 0. The SMILES string of the molecule is CCCCN1CCc2cc(C=C3C(=O)NC(=O)N(c4ccc(C)cc4)C3=O)ccc21. The van der Waals surface area contributed by atoms with Crippen molar-refractivity contribution in [2.45, 2.75) is 33.1 Å². The minimum Gasteiger partial charge on any atom is -0.371 e. The maximum Gasteiger partial charge on any atom is 0.335 e. The van der Waals surface area contributed by atoms with E-state index in [0.717, 1.165) is 48.4 Å². The minimum atomic E-state index is -0.730. The molecule has 0 saturated carbocycles. The molecule has 2 heterocycles. The van der Waals surface area contributed by atoms with Crippen molar-refractivity contribution in [2.24, 2.45) is 0 Å². The molecule has 0 bridgehead atoms. The van der Waals surface area contributed by atoms with Gasteiger partial charge >= 0.3 is 6.03 Å². The van der Waals surface area contributed by atoms with E-state index in [0.29, 0.717) is 5.69 Å². The lowest BCUT2D eigenvalue weighted by atomic mass is 10.0. The first-order chi connectivity index (χ1) is 14.5. The highest BCUT2D eigenvalue weighted by Gasteiger charge is 2.36. The van der Waals surface area contributed by atoms with Crippen LogP contribution in [0.5, 0.6) is 0 Å². The predicted octanol–water partition coefficient (Wildman–Crippen LogP) is 3.82. The standard InChI is InChI=1S/C24H25N3O3/c1-3-4-12-26-13-11-18-14-17(7-10-21(18)26)15-20-22(28)25-24(30)27(23(20)29)19-8-5-16(2)6-9-19/h5-10,14-15H,3-4,11-13H2,1-2H3,(H,25,28,30). The summed E-state index contributed by atoms with van der Waals surface area (Å²) >= 11 is 0. The minimum absolute atomic E-state index is 0.0454. The number of anilines is 2. The smallest absolute Gasteiger partial charge is 0.335 e. The second-order valence-corrected chi connectivity index (χ2v) is 7.77. The van der Waals surface area contributed by atoms with Crippen LogP contribution in [0.2, 0.25) is 0 Å². The molecule has 1 saturated heterocycles. The lowest BCUT2D eigenvalue weighted by molar-refractivity contribution is -0.122. The summed E-state index contributed by atoms with van der Waals surface area (Å²) in [5, 5.41) is 2.28. The first-order valence-electron chi connectivity index (χ1n) is 10.3. The van der Waals surface area contributed by atoms with Gasteiger partial charge < -0.3 is 4.90 Å². The highest BCUT2D eigenvalue weighted by molar-refractivity contribution is 6.39. The number of benzene rings is 2. The zero-order valence-electron chi connectivity index (χ0n) is 17.3. The molecule has 2 aliphatic rings. The number of fused-ring (bicyclic) bond motifs is 1. The van der Waals surface area contributed by atoms with Crippen LogP contribution < -0.4 is 15.1 Å². The number of carbonyl (C=O) groups is 3. The maximum absolute atomic E-state index is 13.0. The van der Waals surface area contributed by atoms with E-state index in [1.165, 1.54) is 11.3 Å². The molecular weight excluding hydrogens is 378 g/mol. The van der Waals surface area contributed by atoms with Crippen LogP contribution in [0.25, 0.3) is 6.08 Å². The van der Waals surface area contributed by atoms with Crippen molar-refractivity contribution < 1.29 is 14.4 Å². The van der Waals surface area contributed by atoms with E-state index in [1.54, 1.807) is 18.2 Å². The quantitative estimate of drug-likeness (QED) is 0.609. The Kier molecular flexibility index (Phi) is 5.40. The number of aryl methyl sites for hydroxylation is 1. The Labute approximate surface area is 176 Å². The van der Waals surface area contributed by atoms with Crippen LogP contribution in [0, 0.1) is 6.92 Å². The van der Waals surface area contributed by atoms with Crippen LogP contribution in [0.1, 0.15) is 36.5 Å². The number of imide groups is 2. The van der Waals surface area contributed by atoms with E-state index in [4.69, 9.17) is 0 Å². The van der Waals surface area contributed by atoms with Crippen LogP contribution in [0.15, 0.2) is 48.0 Å². The number of hydrogen-bond acceptors (Lipinski definition) is 4. The Morgan fingerprint density at radius 2 is 1.83 bits per heavy atom. The summed E-state index contributed by atoms with van der Waals surface area (Å²) in [4.78, 5) is 41.1. The van der Waals surface area contributed by atoms with Gasteiger partial charge in [0.15, 0.2) is 0 Å². The maximum atomic E-state index is 13.0. The number of barbiturate groups is 1. The summed E-state index contributed by atoms with van der Waals surface area (Å²) in [6.07, 6.45) is 4.83. The summed E-state index contributed by atoms with van der Waals surface area (Å²) in [7, 11) is 0. The molecule has 0 spiro atoms. The topological polar surface area (TPSA) is 69.7 Å². The van der Waals surface area contributed by atoms with Gasteiger partial charge in [0.2, 0.25) is 0 Å². The fraction of sp³-hybridized carbons (Fsp3) is 0.292. The lowest BCUT2D eigenvalue weighted by Crippen LogP contribution is -2.54. The van der Waals surface area contributed by atoms with Gasteiger partial charge in [-0.1, -0.05) is 37.1 Å². The van der Waals surface area contributed by atoms with Crippen LogP contribution in [-0.4, -0.2) is 30.9 Å². The molecule has 0 aliphatic carbocycles. The molecular formula is C24H25N3O3. The lowest BCUT2D eigenvalue weighted by Gasteiger charge is -2.26. The van der Waals surface area contributed by atoms with Gasteiger partial charge in [0.05, 0.1) is 5.69 Å². The second-order valence-electron chi connectivity index (χ2n) is 7.77. The summed E-state index contributed by atoms with van der Waals surface area (Å²) in [5.41, 5.74) is 4.62. The number of unbranched alkanes of at least 4 members (excludes halogenated alkanes) is 1. The Morgan fingerprint density at radius 3 is 2.57 bits per heavy atom. The molecule has 2 aromatic rings. The molecule has 4 amide bonds. The fourth-order valence-corrected chi connectivity index (χ4v) is 3.91. The Bertz CT molecular complexity index is 1040. The van der Waals surface area contributed by atoms with Crippen LogP contribution in [0.3, 0.4) is 0 Å². The normalized spacial score (nSPS) is 17.5. The summed E-state index contributed by atoms with van der Waals surface area (Å²) in [6.45, 7) is 6.14. The molecule has 0 aromatic heterocycles. The van der Waals surface area contributed by atoms with Crippen molar-refractivity contribution >= 4 is 35.3 Å². The van der Waals surface area contributed by atoms with Crippen molar-refractivity contribution in [1.82, 2.24) is 5.32 Å². The van der Waals surface area contributed by atoms with Gasteiger partial charge in [-0.05, 0) is 61.2 Å². The average Bonchev–Trinajstić information content (AvgIpc) is 3.13. The van der Waals surface area contributed by atoms with E-state index in [2.05, 4.69) is 23.2 Å². The van der Waals surface area contributed by atoms with Gasteiger partial charge in [-0.2, -0.15) is 0 Å². The number of nitrogens with one attached hydrogen (secondary N) is 1. The van der Waals surface area contributed by atoms with Crippen molar-refractivity contribution in [3.05, 3.63) is 64.7 Å². The molecule has 0 unspecified atom stereocenters. The molecule has 6 nitrogen and oxygen atoms in total. The van der Waals surface area contributed by atoms with Crippen molar-refractivity contribution in [2.75, 3.05) is 22.9 Å². The van der Waals surface area contributed by atoms with Crippen molar-refractivity contribution in [1.29, 1.82) is 0 Å². The predicted molar refractivity (Wildman–Crippen MR) is 117 cm³/mol. The number of carbonyl (C=O) groups excluding carboxylic acids is 3. The van der Waals surface area contributed by atoms with Gasteiger partial charge in [-0.3, -0.25) is 14.9 Å². The molecule has 30 heavy (non-hydrogen) atoms. The summed E-state index contributed by atoms with van der Waals surface area (Å²) in [6, 6.07) is 12.3. The number of nitrogens with zero attached hydrogens (tertiary/aromatic N) is 2. The van der Waals surface area contributed by atoms with Gasteiger partial charge in [0.1, 0.15) is 5.57 Å². The van der Waals surface area contributed by atoms with E-state index in [9.17, 15) is 14.4 Å². The monoisotopic (exact) mass is 403 g/mol. The van der Waals surface area contributed by atoms with Crippen LogP contribution in [0.4, 0.5) is 16.2 Å². The molecule has 0 radical (unpaired) electrons. The molecule has 1 N–H and O–H groups in total. The van der Waals surface area contributed by atoms with E-state index < -0.39 is 17.8 Å². The second kappa shape index (κ2) is 8.14. The van der Waals surface area contributed by atoms with Crippen molar-refractivity contribution in [3.8, 4) is 0 Å². The van der Waals surface area contributed by atoms with Gasteiger partial charge in [-0.25, -0.2) is 9.69 Å².